The lowest BCUT2D eigenvalue weighted by atomic mass is 9.96. The molecule has 1 aromatic heterocycles. The molecule has 1 saturated heterocycles. The van der Waals surface area contributed by atoms with Crippen LogP contribution in [-0.2, 0) is 6.54 Å². The highest BCUT2D eigenvalue weighted by atomic mass is 16.4. The van der Waals surface area contributed by atoms with E-state index in [-0.39, 0.29) is 0 Å². The van der Waals surface area contributed by atoms with E-state index in [0.717, 1.165) is 25.1 Å². The van der Waals surface area contributed by atoms with Crippen molar-refractivity contribution in [3.63, 3.8) is 0 Å². The Bertz CT molecular complexity index is 648. The van der Waals surface area contributed by atoms with E-state index in [2.05, 4.69) is 22.0 Å². The summed E-state index contributed by atoms with van der Waals surface area (Å²) in [5.74, 6) is -0.879. The molecule has 0 amide bonds. The highest BCUT2D eigenvalue weighted by molar-refractivity contribution is 5.87. The van der Waals surface area contributed by atoms with Gasteiger partial charge < -0.3 is 5.11 Å². The lowest BCUT2D eigenvalue weighted by Crippen LogP contribution is -2.33. The number of carboxylic acid groups (broad SMARTS) is 1. The number of H-pyrrole nitrogens is 1. The molecule has 0 radical (unpaired) electrons. The lowest BCUT2D eigenvalue weighted by molar-refractivity contribution is 0.0697. The summed E-state index contributed by atoms with van der Waals surface area (Å²) in [5.41, 5.74) is 3.90. The van der Waals surface area contributed by atoms with Crippen molar-refractivity contribution in [2.45, 2.75) is 38.8 Å². The minimum atomic E-state index is -0.879. The van der Waals surface area contributed by atoms with Gasteiger partial charge in [-0.05, 0) is 49.6 Å². The van der Waals surface area contributed by atoms with Crippen LogP contribution < -0.4 is 0 Å². The van der Waals surface area contributed by atoms with Crippen LogP contribution in [0.2, 0.25) is 0 Å². The number of carbonyl (C=O) groups is 1. The first-order valence-corrected chi connectivity index (χ1v) is 7.71. The molecule has 5 heteroatoms. The number of aromatic nitrogens is 2. The van der Waals surface area contributed by atoms with Crippen LogP contribution in [0.3, 0.4) is 0 Å². The molecule has 1 unspecified atom stereocenters. The molecule has 1 aliphatic rings. The van der Waals surface area contributed by atoms with Gasteiger partial charge in [-0.2, -0.15) is 5.10 Å². The molecule has 3 rings (SSSR count). The van der Waals surface area contributed by atoms with E-state index >= 15 is 0 Å². The standard InChI is InChI=1S/C17H21N3O2/c1-12-10-18-19-16(12)15-4-2-3-9-20(15)11-13-5-7-14(8-6-13)17(21)22/h5-8,10,15H,2-4,9,11H2,1H3,(H,18,19)(H,21,22). The number of carboxylic acids is 1. The zero-order chi connectivity index (χ0) is 15.5. The maximum atomic E-state index is 10.9. The fourth-order valence-electron chi connectivity index (χ4n) is 3.19. The molecule has 2 aromatic rings. The van der Waals surface area contributed by atoms with Gasteiger partial charge in [-0.15, -0.1) is 0 Å². The van der Waals surface area contributed by atoms with Gasteiger partial charge in [0.25, 0.3) is 0 Å². The molecular weight excluding hydrogens is 278 g/mol. The summed E-state index contributed by atoms with van der Waals surface area (Å²) < 4.78 is 0. The maximum Gasteiger partial charge on any atom is 0.335 e. The van der Waals surface area contributed by atoms with Crippen LogP contribution in [0, 0.1) is 6.92 Å². The minimum absolute atomic E-state index is 0.336. The van der Waals surface area contributed by atoms with Crippen molar-refractivity contribution < 1.29 is 9.90 Å². The van der Waals surface area contributed by atoms with E-state index in [1.54, 1.807) is 12.1 Å². The molecule has 1 fully saturated rings. The minimum Gasteiger partial charge on any atom is -0.478 e. The number of benzene rings is 1. The molecule has 5 nitrogen and oxygen atoms in total. The molecule has 1 aliphatic heterocycles. The Morgan fingerprint density at radius 2 is 2.14 bits per heavy atom. The Morgan fingerprint density at radius 3 is 2.77 bits per heavy atom. The number of hydrogen-bond donors (Lipinski definition) is 2. The molecule has 116 valence electrons. The average molecular weight is 299 g/mol. The van der Waals surface area contributed by atoms with Crippen LogP contribution in [0.1, 0.15) is 52.5 Å². The number of likely N-dealkylation sites (tertiary alicyclic amines) is 1. The van der Waals surface area contributed by atoms with E-state index in [9.17, 15) is 4.79 Å². The van der Waals surface area contributed by atoms with Crippen molar-refractivity contribution in [1.82, 2.24) is 15.1 Å². The number of nitrogens with one attached hydrogen (secondary N) is 1. The number of rotatable bonds is 4. The Morgan fingerprint density at radius 1 is 1.36 bits per heavy atom. The second-order valence-electron chi connectivity index (χ2n) is 5.95. The molecule has 0 spiro atoms. The first-order chi connectivity index (χ1) is 10.6. The first-order valence-electron chi connectivity index (χ1n) is 7.71. The molecule has 0 aliphatic carbocycles. The third-order valence-electron chi connectivity index (χ3n) is 4.40. The number of aromatic amines is 1. The predicted molar refractivity (Wildman–Crippen MR) is 83.7 cm³/mol. The summed E-state index contributed by atoms with van der Waals surface area (Å²) in [6.07, 6.45) is 5.45. The quantitative estimate of drug-likeness (QED) is 0.910. The maximum absolute atomic E-state index is 10.9. The van der Waals surface area contributed by atoms with Gasteiger partial charge in [-0.1, -0.05) is 18.6 Å². The van der Waals surface area contributed by atoms with E-state index in [0.29, 0.717) is 11.6 Å². The SMILES string of the molecule is Cc1cn[nH]c1C1CCCCN1Cc1ccc(C(=O)O)cc1. The second kappa shape index (κ2) is 6.32. The summed E-state index contributed by atoms with van der Waals surface area (Å²) in [7, 11) is 0. The van der Waals surface area contributed by atoms with Crippen molar-refractivity contribution in [2.75, 3.05) is 6.54 Å². The number of piperidine rings is 1. The summed E-state index contributed by atoms with van der Waals surface area (Å²) in [4.78, 5) is 13.4. The second-order valence-corrected chi connectivity index (χ2v) is 5.95. The van der Waals surface area contributed by atoms with Gasteiger partial charge in [-0.3, -0.25) is 10.00 Å². The summed E-state index contributed by atoms with van der Waals surface area (Å²) >= 11 is 0. The van der Waals surface area contributed by atoms with Gasteiger partial charge in [0.15, 0.2) is 0 Å². The molecule has 0 bridgehead atoms. The van der Waals surface area contributed by atoms with Crippen LogP contribution in [0.4, 0.5) is 0 Å². The zero-order valence-corrected chi connectivity index (χ0v) is 12.7. The van der Waals surface area contributed by atoms with E-state index < -0.39 is 5.97 Å². The largest absolute Gasteiger partial charge is 0.478 e. The van der Waals surface area contributed by atoms with Crippen LogP contribution in [0.25, 0.3) is 0 Å². The molecule has 22 heavy (non-hydrogen) atoms. The topological polar surface area (TPSA) is 69.2 Å². The molecule has 1 atom stereocenters. The van der Waals surface area contributed by atoms with Crippen molar-refractivity contribution in [2.24, 2.45) is 0 Å². The molecular formula is C17H21N3O2. The summed E-state index contributed by atoms with van der Waals surface area (Å²) in [6.45, 7) is 3.99. The summed E-state index contributed by atoms with van der Waals surface area (Å²) in [5, 5.41) is 16.3. The number of aryl methyl sites for hydroxylation is 1. The predicted octanol–water partition coefficient (Wildman–Crippen LogP) is 3.14. The number of nitrogens with zero attached hydrogens (tertiary/aromatic N) is 2. The van der Waals surface area contributed by atoms with Crippen molar-refractivity contribution in [3.8, 4) is 0 Å². The number of hydrogen-bond acceptors (Lipinski definition) is 3. The van der Waals surface area contributed by atoms with E-state index in [4.69, 9.17) is 5.11 Å². The average Bonchev–Trinajstić information content (AvgIpc) is 2.94. The Balaban J connectivity index is 1.77. The monoisotopic (exact) mass is 299 g/mol. The smallest absolute Gasteiger partial charge is 0.335 e. The molecule has 2 N–H and O–H groups in total. The van der Waals surface area contributed by atoms with Gasteiger partial charge >= 0.3 is 5.97 Å². The van der Waals surface area contributed by atoms with Gasteiger partial charge in [0.2, 0.25) is 0 Å². The third-order valence-corrected chi connectivity index (χ3v) is 4.40. The van der Waals surface area contributed by atoms with Crippen LogP contribution in [0.5, 0.6) is 0 Å². The highest BCUT2D eigenvalue weighted by Crippen LogP contribution is 2.32. The van der Waals surface area contributed by atoms with E-state index in [1.165, 1.54) is 24.1 Å². The molecule has 1 aromatic carbocycles. The first kappa shape index (κ1) is 14.8. The lowest BCUT2D eigenvalue weighted by Gasteiger charge is -2.35. The Hall–Kier alpha value is -2.14. The zero-order valence-electron chi connectivity index (χ0n) is 12.7. The Labute approximate surface area is 130 Å². The summed E-state index contributed by atoms with van der Waals surface area (Å²) in [6, 6.07) is 7.55. The Kier molecular flexibility index (Phi) is 4.24. The van der Waals surface area contributed by atoms with Crippen molar-refractivity contribution in [1.29, 1.82) is 0 Å². The van der Waals surface area contributed by atoms with Gasteiger partial charge in [-0.25, -0.2) is 4.79 Å². The van der Waals surface area contributed by atoms with Crippen molar-refractivity contribution >= 4 is 5.97 Å². The molecule has 2 heterocycles. The van der Waals surface area contributed by atoms with Crippen LogP contribution >= 0.6 is 0 Å². The van der Waals surface area contributed by atoms with Gasteiger partial charge in [0.05, 0.1) is 23.5 Å². The highest BCUT2D eigenvalue weighted by Gasteiger charge is 2.26. The van der Waals surface area contributed by atoms with Gasteiger partial charge in [0, 0.05) is 6.54 Å². The number of aromatic carboxylic acids is 1. The van der Waals surface area contributed by atoms with Crippen LogP contribution in [0.15, 0.2) is 30.5 Å². The molecule has 0 saturated carbocycles. The fraction of sp³-hybridized carbons (Fsp3) is 0.412. The van der Waals surface area contributed by atoms with Gasteiger partial charge in [0.1, 0.15) is 0 Å². The fourth-order valence-corrected chi connectivity index (χ4v) is 3.19. The van der Waals surface area contributed by atoms with Crippen LogP contribution in [-0.4, -0.2) is 32.7 Å². The normalized spacial score (nSPS) is 19.2. The van der Waals surface area contributed by atoms with E-state index in [1.807, 2.05) is 18.3 Å². The third kappa shape index (κ3) is 3.04. The van der Waals surface area contributed by atoms with Crippen molar-refractivity contribution in [3.05, 3.63) is 52.8 Å².